The van der Waals surface area contributed by atoms with Gasteiger partial charge in [0.1, 0.15) is 11.4 Å². The maximum atomic E-state index is 12.1. The van der Waals surface area contributed by atoms with Crippen molar-refractivity contribution in [1.29, 1.82) is 0 Å². The Bertz CT molecular complexity index is 910. The van der Waals surface area contributed by atoms with E-state index in [0.717, 1.165) is 11.3 Å². The number of ether oxygens (including phenoxy) is 1. The molecule has 25 heavy (non-hydrogen) atoms. The summed E-state index contributed by atoms with van der Waals surface area (Å²) in [5.74, 6) is 1.55. The minimum Gasteiger partial charge on any atom is -0.497 e. The van der Waals surface area contributed by atoms with E-state index in [1.165, 1.54) is 17.3 Å². The number of benzene rings is 1. The molecule has 2 heterocycles. The Balaban J connectivity index is 1.53. The minimum atomic E-state index is -0.100. The highest BCUT2D eigenvalue weighted by Gasteiger charge is 2.08. The number of rotatable bonds is 6. The predicted molar refractivity (Wildman–Crippen MR) is 103 cm³/mol. The number of nitrogens with one attached hydrogen (secondary N) is 1. The third-order valence-electron chi connectivity index (χ3n) is 3.58. The molecule has 7 heteroatoms. The molecule has 0 atom stereocenters. The molecule has 1 N–H and O–H groups in total. The van der Waals surface area contributed by atoms with Gasteiger partial charge in [-0.3, -0.25) is 4.79 Å². The summed E-state index contributed by atoms with van der Waals surface area (Å²) in [4.78, 5) is 16.6. The van der Waals surface area contributed by atoms with Crippen LogP contribution >= 0.6 is 23.4 Å². The van der Waals surface area contributed by atoms with Crippen LogP contribution < -0.4 is 10.1 Å². The third kappa shape index (κ3) is 4.46. The van der Waals surface area contributed by atoms with Crippen molar-refractivity contribution in [3.8, 4) is 5.75 Å². The number of thioether (sulfide) groups is 1. The molecule has 0 aliphatic carbocycles. The van der Waals surface area contributed by atoms with Crippen LogP contribution in [0.2, 0.25) is 5.02 Å². The molecule has 0 aliphatic rings. The maximum Gasteiger partial charge on any atom is 0.234 e. The molecule has 0 spiro atoms. The van der Waals surface area contributed by atoms with Gasteiger partial charge in [0, 0.05) is 24.2 Å². The Morgan fingerprint density at radius 2 is 2.16 bits per heavy atom. The van der Waals surface area contributed by atoms with Gasteiger partial charge < -0.3 is 14.5 Å². The number of hydrogen-bond donors (Lipinski definition) is 1. The number of imidazole rings is 1. The summed E-state index contributed by atoms with van der Waals surface area (Å²) in [7, 11) is 1.57. The van der Waals surface area contributed by atoms with E-state index in [0.29, 0.717) is 28.0 Å². The molecule has 3 aromatic rings. The highest BCUT2D eigenvalue weighted by atomic mass is 35.5. The van der Waals surface area contributed by atoms with E-state index >= 15 is 0 Å². The molecule has 0 saturated heterocycles. The first-order valence-corrected chi connectivity index (χ1v) is 9.24. The number of hydrogen-bond acceptors (Lipinski definition) is 4. The van der Waals surface area contributed by atoms with Crippen molar-refractivity contribution in [3.05, 3.63) is 59.0 Å². The molecular formula is C18H18ClN3O2S. The van der Waals surface area contributed by atoms with Crippen LogP contribution in [0.4, 0.5) is 5.69 Å². The van der Waals surface area contributed by atoms with E-state index in [2.05, 4.69) is 10.3 Å². The molecule has 3 rings (SSSR count). The molecule has 0 radical (unpaired) electrons. The van der Waals surface area contributed by atoms with E-state index < -0.39 is 0 Å². The SMILES string of the molecule is COc1ccc(NC(=O)CSCc2cn3cc(C)ccc3n2)c(Cl)c1. The zero-order valence-electron chi connectivity index (χ0n) is 14.0. The quantitative estimate of drug-likeness (QED) is 0.702. The molecule has 130 valence electrons. The van der Waals surface area contributed by atoms with Gasteiger partial charge in [0.25, 0.3) is 0 Å². The Hall–Kier alpha value is -2.18. The average molecular weight is 376 g/mol. The molecule has 0 fully saturated rings. The predicted octanol–water partition coefficient (Wildman–Crippen LogP) is 4.18. The lowest BCUT2D eigenvalue weighted by molar-refractivity contribution is -0.113. The van der Waals surface area contributed by atoms with Gasteiger partial charge >= 0.3 is 0 Å². The van der Waals surface area contributed by atoms with Crippen LogP contribution in [0, 0.1) is 6.92 Å². The fourth-order valence-corrected chi connectivity index (χ4v) is 3.31. The maximum absolute atomic E-state index is 12.1. The standard InChI is InChI=1S/C18H18ClN3O2S/c1-12-3-6-17-20-13(9-22(17)8-12)10-25-11-18(23)21-16-5-4-14(24-2)7-15(16)19/h3-9H,10-11H2,1-2H3,(H,21,23). The second-order valence-electron chi connectivity index (χ2n) is 5.59. The number of nitrogens with zero attached hydrogens (tertiary/aromatic N) is 2. The van der Waals surface area contributed by atoms with Gasteiger partial charge in [-0.05, 0) is 30.7 Å². The van der Waals surface area contributed by atoms with Gasteiger partial charge in [0.05, 0.1) is 29.3 Å². The normalized spacial score (nSPS) is 10.8. The first-order chi connectivity index (χ1) is 12.0. The fourth-order valence-electron chi connectivity index (χ4n) is 2.38. The number of aryl methyl sites for hydroxylation is 1. The van der Waals surface area contributed by atoms with Crippen molar-refractivity contribution in [2.45, 2.75) is 12.7 Å². The summed E-state index contributed by atoms with van der Waals surface area (Å²) in [6, 6.07) is 9.18. The highest BCUT2D eigenvalue weighted by Crippen LogP contribution is 2.26. The fraction of sp³-hybridized carbons (Fsp3) is 0.222. The van der Waals surface area contributed by atoms with Crippen molar-refractivity contribution in [2.75, 3.05) is 18.2 Å². The van der Waals surface area contributed by atoms with Crippen LogP contribution in [-0.4, -0.2) is 28.2 Å². The lowest BCUT2D eigenvalue weighted by Crippen LogP contribution is -2.14. The molecule has 0 saturated carbocycles. The van der Waals surface area contributed by atoms with Gasteiger partial charge in [-0.15, -0.1) is 11.8 Å². The van der Waals surface area contributed by atoms with Crippen LogP contribution in [0.1, 0.15) is 11.3 Å². The average Bonchev–Trinajstić information content (AvgIpc) is 2.98. The van der Waals surface area contributed by atoms with Crippen molar-refractivity contribution in [3.63, 3.8) is 0 Å². The molecular weight excluding hydrogens is 358 g/mol. The number of pyridine rings is 1. The van der Waals surface area contributed by atoms with Gasteiger partial charge in [0.2, 0.25) is 5.91 Å². The monoisotopic (exact) mass is 375 g/mol. The number of carbonyl (C=O) groups excluding carboxylic acids is 1. The molecule has 1 amide bonds. The lowest BCUT2D eigenvalue weighted by atomic mass is 10.3. The minimum absolute atomic E-state index is 0.100. The lowest BCUT2D eigenvalue weighted by Gasteiger charge is -2.08. The highest BCUT2D eigenvalue weighted by molar-refractivity contribution is 7.99. The topological polar surface area (TPSA) is 55.6 Å². The Morgan fingerprint density at radius 1 is 1.32 bits per heavy atom. The second kappa shape index (κ2) is 7.80. The van der Waals surface area contributed by atoms with E-state index in [9.17, 15) is 4.79 Å². The van der Waals surface area contributed by atoms with Gasteiger partial charge in [-0.25, -0.2) is 4.98 Å². The number of carbonyl (C=O) groups is 1. The summed E-state index contributed by atoms with van der Waals surface area (Å²) in [6.07, 6.45) is 4.03. The Kier molecular flexibility index (Phi) is 5.50. The smallest absolute Gasteiger partial charge is 0.234 e. The van der Waals surface area contributed by atoms with Crippen molar-refractivity contribution in [2.24, 2.45) is 0 Å². The van der Waals surface area contributed by atoms with Crippen LogP contribution in [0.3, 0.4) is 0 Å². The van der Waals surface area contributed by atoms with E-state index in [4.69, 9.17) is 16.3 Å². The van der Waals surface area contributed by atoms with Gasteiger partial charge in [-0.2, -0.15) is 0 Å². The summed E-state index contributed by atoms with van der Waals surface area (Å²) in [5, 5.41) is 3.26. The second-order valence-corrected chi connectivity index (χ2v) is 6.98. The zero-order valence-corrected chi connectivity index (χ0v) is 15.5. The number of fused-ring (bicyclic) bond motifs is 1. The van der Waals surface area contributed by atoms with Crippen LogP contribution in [-0.2, 0) is 10.5 Å². The zero-order chi connectivity index (χ0) is 17.8. The Morgan fingerprint density at radius 3 is 2.92 bits per heavy atom. The summed E-state index contributed by atoms with van der Waals surface area (Å²) in [5.41, 5.74) is 3.62. The number of amides is 1. The first kappa shape index (κ1) is 17.6. The number of methoxy groups -OCH3 is 1. The molecule has 0 unspecified atom stereocenters. The van der Waals surface area contributed by atoms with Crippen molar-refractivity contribution >= 4 is 40.6 Å². The summed E-state index contributed by atoms with van der Waals surface area (Å²) < 4.78 is 7.09. The van der Waals surface area contributed by atoms with Gasteiger partial charge in [0.15, 0.2) is 0 Å². The first-order valence-electron chi connectivity index (χ1n) is 7.70. The summed E-state index contributed by atoms with van der Waals surface area (Å²) >= 11 is 7.64. The van der Waals surface area contributed by atoms with E-state index in [1.807, 2.05) is 35.9 Å². The van der Waals surface area contributed by atoms with Crippen molar-refractivity contribution < 1.29 is 9.53 Å². The van der Waals surface area contributed by atoms with E-state index in [-0.39, 0.29) is 5.91 Å². The molecule has 5 nitrogen and oxygen atoms in total. The van der Waals surface area contributed by atoms with E-state index in [1.54, 1.807) is 25.3 Å². The number of aromatic nitrogens is 2. The van der Waals surface area contributed by atoms with Crippen LogP contribution in [0.15, 0.2) is 42.7 Å². The number of anilines is 1. The molecule has 0 bridgehead atoms. The Labute approximate surface area is 155 Å². The van der Waals surface area contributed by atoms with Crippen molar-refractivity contribution in [1.82, 2.24) is 9.38 Å². The largest absolute Gasteiger partial charge is 0.497 e. The summed E-state index contributed by atoms with van der Waals surface area (Å²) in [6.45, 7) is 2.04. The van der Waals surface area contributed by atoms with Crippen LogP contribution in [0.25, 0.3) is 5.65 Å². The van der Waals surface area contributed by atoms with Crippen LogP contribution in [0.5, 0.6) is 5.75 Å². The molecule has 2 aromatic heterocycles. The number of halogens is 1. The molecule has 0 aliphatic heterocycles. The van der Waals surface area contributed by atoms with Gasteiger partial charge in [-0.1, -0.05) is 17.7 Å². The third-order valence-corrected chi connectivity index (χ3v) is 4.86. The molecule has 1 aromatic carbocycles.